The Morgan fingerprint density at radius 1 is 1.24 bits per heavy atom. The van der Waals surface area contributed by atoms with E-state index in [1.807, 2.05) is 0 Å². The molecule has 0 fully saturated rings. The van der Waals surface area contributed by atoms with Crippen LogP contribution in [0.3, 0.4) is 0 Å². The number of carbonyl (C=O) groups is 2. The number of Topliss-reactive ketones (excluding diaryl/α,β-unsaturated/α-hetero) is 1. The summed E-state index contributed by atoms with van der Waals surface area (Å²) in [4.78, 5) is 22.5. The van der Waals surface area contributed by atoms with E-state index in [2.05, 4.69) is 5.32 Å². The number of fused-ring (bicyclic) bond motifs is 1. The fraction of sp³-hybridized carbons (Fsp3) is 0.200. The SMILES string of the molecule is O=C1CC(=O)c2cc(C(F)(F)F)cc(Cl)c2N1. The fourth-order valence-electron chi connectivity index (χ4n) is 1.54. The molecule has 0 saturated carbocycles. The molecule has 0 atom stereocenters. The number of hydrogen-bond donors (Lipinski definition) is 1. The van der Waals surface area contributed by atoms with Gasteiger partial charge in [-0.05, 0) is 12.1 Å². The van der Waals surface area contributed by atoms with Crippen LogP contribution in [-0.2, 0) is 11.0 Å². The van der Waals surface area contributed by atoms with E-state index in [-0.39, 0.29) is 16.3 Å². The van der Waals surface area contributed by atoms with E-state index in [9.17, 15) is 22.8 Å². The number of halogens is 4. The summed E-state index contributed by atoms with van der Waals surface area (Å²) in [7, 11) is 0. The van der Waals surface area contributed by atoms with Crippen molar-refractivity contribution in [2.45, 2.75) is 12.6 Å². The first kappa shape index (κ1) is 11.9. The number of amides is 1. The highest BCUT2D eigenvalue weighted by Crippen LogP contribution is 2.38. The summed E-state index contributed by atoms with van der Waals surface area (Å²) < 4.78 is 37.5. The molecule has 17 heavy (non-hydrogen) atoms. The van der Waals surface area contributed by atoms with E-state index in [0.717, 1.165) is 0 Å². The van der Waals surface area contributed by atoms with Gasteiger partial charge in [0.15, 0.2) is 5.78 Å². The first-order chi connectivity index (χ1) is 7.79. The van der Waals surface area contributed by atoms with Gasteiger partial charge in [-0.15, -0.1) is 0 Å². The van der Waals surface area contributed by atoms with Crippen molar-refractivity contribution >= 4 is 29.0 Å². The number of rotatable bonds is 0. The summed E-state index contributed by atoms with van der Waals surface area (Å²) in [6.07, 6.45) is -5.05. The molecular weight excluding hydrogens is 259 g/mol. The Hall–Kier alpha value is -1.56. The molecule has 7 heteroatoms. The number of carbonyl (C=O) groups excluding carboxylic acids is 2. The van der Waals surface area contributed by atoms with Crippen LogP contribution in [-0.4, -0.2) is 11.7 Å². The Bertz CT molecular complexity index is 525. The first-order valence-electron chi connectivity index (χ1n) is 4.53. The molecule has 0 spiro atoms. The number of ketones is 1. The van der Waals surface area contributed by atoms with Gasteiger partial charge in [0, 0.05) is 5.56 Å². The quantitative estimate of drug-likeness (QED) is 0.732. The highest BCUT2D eigenvalue weighted by Gasteiger charge is 2.34. The Balaban J connectivity index is 2.62. The molecule has 1 amide bonds. The average Bonchev–Trinajstić information content (AvgIpc) is 2.17. The molecule has 1 aromatic carbocycles. The predicted molar refractivity (Wildman–Crippen MR) is 54.0 cm³/mol. The van der Waals surface area contributed by atoms with Crippen LogP contribution >= 0.6 is 11.6 Å². The first-order valence-corrected chi connectivity index (χ1v) is 4.90. The maximum absolute atomic E-state index is 12.5. The molecule has 0 saturated heterocycles. The second kappa shape index (κ2) is 3.73. The van der Waals surface area contributed by atoms with Crippen molar-refractivity contribution in [3.8, 4) is 0 Å². The lowest BCUT2D eigenvalue weighted by Crippen LogP contribution is -2.25. The molecule has 1 aromatic rings. The Kier molecular flexibility index (Phi) is 2.61. The van der Waals surface area contributed by atoms with Crippen molar-refractivity contribution in [1.29, 1.82) is 0 Å². The summed E-state index contributed by atoms with van der Waals surface area (Å²) >= 11 is 5.62. The number of anilines is 1. The van der Waals surface area contributed by atoms with Gasteiger partial charge in [0.25, 0.3) is 0 Å². The Morgan fingerprint density at radius 2 is 1.88 bits per heavy atom. The number of benzene rings is 1. The van der Waals surface area contributed by atoms with Gasteiger partial charge < -0.3 is 5.32 Å². The minimum absolute atomic E-state index is 0.0547. The molecular formula is C10H5ClF3NO2. The zero-order valence-corrected chi connectivity index (χ0v) is 8.95. The molecule has 0 aromatic heterocycles. The maximum Gasteiger partial charge on any atom is 0.416 e. The van der Waals surface area contributed by atoms with Gasteiger partial charge in [-0.2, -0.15) is 13.2 Å². The standard InChI is InChI=1S/C10H5ClF3NO2/c11-6-2-4(10(12,13)14)1-5-7(16)3-8(17)15-9(5)6/h1-2H,3H2,(H,15,17). The van der Waals surface area contributed by atoms with Gasteiger partial charge in [0.1, 0.15) is 0 Å². The van der Waals surface area contributed by atoms with E-state index >= 15 is 0 Å². The van der Waals surface area contributed by atoms with Crippen LogP contribution in [0.4, 0.5) is 18.9 Å². The molecule has 0 unspecified atom stereocenters. The second-order valence-electron chi connectivity index (χ2n) is 3.53. The van der Waals surface area contributed by atoms with E-state index in [4.69, 9.17) is 11.6 Å². The summed E-state index contributed by atoms with van der Waals surface area (Å²) in [5, 5.41) is 1.98. The van der Waals surface area contributed by atoms with Crippen LogP contribution in [0.5, 0.6) is 0 Å². The van der Waals surface area contributed by atoms with Crippen molar-refractivity contribution in [2.75, 3.05) is 5.32 Å². The van der Waals surface area contributed by atoms with Crippen molar-refractivity contribution < 1.29 is 22.8 Å². The molecule has 1 aliphatic heterocycles. The Morgan fingerprint density at radius 3 is 2.47 bits per heavy atom. The zero-order valence-electron chi connectivity index (χ0n) is 8.19. The predicted octanol–water partition coefficient (Wildman–Crippen LogP) is 2.88. The van der Waals surface area contributed by atoms with Crippen molar-refractivity contribution in [3.63, 3.8) is 0 Å². The van der Waals surface area contributed by atoms with Crippen LogP contribution in [0, 0.1) is 0 Å². The average molecular weight is 264 g/mol. The second-order valence-corrected chi connectivity index (χ2v) is 3.93. The topological polar surface area (TPSA) is 46.2 Å². The molecule has 2 rings (SSSR count). The Labute approximate surface area is 98.6 Å². The van der Waals surface area contributed by atoms with E-state index in [1.165, 1.54) is 0 Å². The summed E-state index contributed by atoms with van der Waals surface area (Å²) in [5.41, 5.74) is -1.27. The molecule has 1 heterocycles. The van der Waals surface area contributed by atoms with Gasteiger partial charge in [-0.3, -0.25) is 9.59 Å². The van der Waals surface area contributed by atoms with Gasteiger partial charge in [-0.25, -0.2) is 0 Å². The minimum atomic E-state index is -4.58. The molecule has 0 radical (unpaired) electrons. The minimum Gasteiger partial charge on any atom is -0.324 e. The molecule has 90 valence electrons. The molecule has 0 aliphatic carbocycles. The summed E-state index contributed by atoms with van der Waals surface area (Å²) in [5.74, 6) is -1.25. The van der Waals surface area contributed by atoms with E-state index < -0.39 is 29.9 Å². The number of alkyl halides is 3. The van der Waals surface area contributed by atoms with E-state index in [1.54, 1.807) is 0 Å². The molecule has 1 aliphatic rings. The highest BCUT2D eigenvalue weighted by molar-refractivity contribution is 6.36. The van der Waals surface area contributed by atoms with Crippen LogP contribution < -0.4 is 5.32 Å². The third kappa shape index (κ3) is 2.12. The van der Waals surface area contributed by atoms with Crippen molar-refractivity contribution in [2.24, 2.45) is 0 Å². The van der Waals surface area contributed by atoms with Gasteiger partial charge in [-0.1, -0.05) is 11.6 Å². The fourth-order valence-corrected chi connectivity index (χ4v) is 1.81. The lowest BCUT2D eigenvalue weighted by molar-refractivity contribution is -0.137. The van der Waals surface area contributed by atoms with Crippen molar-refractivity contribution in [1.82, 2.24) is 0 Å². The lowest BCUT2D eigenvalue weighted by atomic mass is 9.99. The van der Waals surface area contributed by atoms with Crippen LogP contribution in [0.25, 0.3) is 0 Å². The molecule has 3 nitrogen and oxygen atoms in total. The number of nitrogens with one attached hydrogen (secondary N) is 1. The normalized spacial score (nSPS) is 15.5. The van der Waals surface area contributed by atoms with Crippen LogP contribution in [0.1, 0.15) is 22.3 Å². The lowest BCUT2D eigenvalue weighted by Gasteiger charge is -2.19. The van der Waals surface area contributed by atoms with E-state index in [0.29, 0.717) is 12.1 Å². The summed E-state index contributed by atoms with van der Waals surface area (Å²) in [6.45, 7) is 0. The van der Waals surface area contributed by atoms with Gasteiger partial charge in [0.2, 0.25) is 5.91 Å². The smallest absolute Gasteiger partial charge is 0.324 e. The third-order valence-corrected chi connectivity index (χ3v) is 2.60. The number of hydrogen-bond acceptors (Lipinski definition) is 2. The summed E-state index contributed by atoms with van der Waals surface area (Å²) in [6, 6.07) is 1.38. The maximum atomic E-state index is 12.5. The molecule has 0 bridgehead atoms. The highest BCUT2D eigenvalue weighted by atomic mass is 35.5. The van der Waals surface area contributed by atoms with Gasteiger partial charge >= 0.3 is 6.18 Å². The molecule has 1 N–H and O–H groups in total. The zero-order chi connectivity index (χ0) is 12.8. The largest absolute Gasteiger partial charge is 0.416 e. The third-order valence-electron chi connectivity index (χ3n) is 2.30. The van der Waals surface area contributed by atoms with Crippen molar-refractivity contribution in [3.05, 3.63) is 28.3 Å². The van der Waals surface area contributed by atoms with Gasteiger partial charge in [0.05, 0.1) is 22.7 Å². The van der Waals surface area contributed by atoms with Crippen LogP contribution in [0.2, 0.25) is 5.02 Å². The van der Waals surface area contributed by atoms with Crippen LogP contribution in [0.15, 0.2) is 12.1 Å². The monoisotopic (exact) mass is 263 g/mol.